The third kappa shape index (κ3) is 7.70. The third-order valence-electron chi connectivity index (χ3n) is 4.46. The van der Waals surface area contributed by atoms with Crippen molar-refractivity contribution in [3.8, 4) is 17.2 Å². The zero-order valence-electron chi connectivity index (χ0n) is 18.3. The summed E-state index contributed by atoms with van der Waals surface area (Å²) in [6, 6.07) is 19.6. The molecule has 0 fully saturated rings. The highest BCUT2D eigenvalue weighted by molar-refractivity contribution is 6.30. The average Bonchev–Trinajstić information content (AvgIpc) is 2.81. The van der Waals surface area contributed by atoms with Crippen LogP contribution in [0.25, 0.3) is 0 Å². The van der Waals surface area contributed by atoms with Gasteiger partial charge in [0.05, 0.1) is 12.8 Å². The van der Waals surface area contributed by atoms with Gasteiger partial charge in [-0.1, -0.05) is 35.3 Å². The van der Waals surface area contributed by atoms with Crippen LogP contribution in [0.4, 0.5) is 0 Å². The molecule has 0 bridgehead atoms. The Morgan fingerprint density at radius 1 is 0.970 bits per heavy atom. The van der Waals surface area contributed by atoms with Crippen LogP contribution >= 0.6 is 23.2 Å². The van der Waals surface area contributed by atoms with E-state index in [1.165, 1.54) is 6.21 Å². The maximum absolute atomic E-state index is 12.2. The van der Waals surface area contributed by atoms with Crippen LogP contribution < -0.4 is 19.6 Å². The standard InChI is InChI=1S/C25H24Cl2N2O4/c1-3-31-24-14-19(6-13-23(24)32-16-18-4-7-20(26)8-5-18)15-28-29-25(30)17(2)33-22-11-9-21(27)10-12-22/h4-15,17H,3,16H2,1-2H3,(H,29,30)/b28-15-/t17-/m0/s1. The number of hydrogen-bond acceptors (Lipinski definition) is 5. The minimum atomic E-state index is -0.731. The van der Waals surface area contributed by atoms with Crippen LogP contribution in [0.3, 0.4) is 0 Å². The number of carbonyl (C=O) groups is 1. The number of hydrazone groups is 1. The molecule has 3 rings (SSSR count). The number of nitrogens with one attached hydrogen (secondary N) is 1. The third-order valence-corrected chi connectivity index (χ3v) is 4.96. The van der Waals surface area contributed by atoms with Crippen molar-refractivity contribution in [2.45, 2.75) is 26.6 Å². The first-order valence-electron chi connectivity index (χ1n) is 10.3. The number of halogens is 2. The summed E-state index contributed by atoms with van der Waals surface area (Å²) >= 11 is 11.8. The van der Waals surface area contributed by atoms with Crippen LogP contribution in [0.2, 0.25) is 10.0 Å². The van der Waals surface area contributed by atoms with E-state index in [-0.39, 0.29) is 5.91 Å². The molecular weight excluding hydrogens is 463 g/mol. The Bertz CT molecular complexity index is 1090. The van der Waals surface area contributed by atoms with Gasteiger partial charge in [-0.25, -0.2) is 5.43 Å². The molecule has 0 aromatic heterocycles. The summed E-state index contributed by atoms with van der Waals surface area (Å²) in [4.78, 5) is 12.2. The van der Waals surface area contributed by atoms with E-state index in [1.807, 2.05) is 37.3 Å². The predicted octanol–water partition coefficient (Wildman–Crippen LogP) is 5.89. The van der Waals surface area contributed by atoms with Crippen molar-refractivity contribution < 1.29 is 19.0 Å². The highest BCUT2D eigenvalue weighted by Gasteiger charge is 2.14. The Morgan fingerprint density at radius 3 is 2.30 bits per heavy atom. The molecule has 8 heteroatoms. The fourth-order valence-corrected chi connectivity index (χ4v) is 3.02. The van der Waals surface area contributed by atoms with E-state index in [2.05, 4.69) is 10.5 Å². The van der Waals surface area contributed by atoms with E-state index in [9.17, 15) is 4.79 Å². The lowest BCUT2D eigenvalue weighted by molar-refractivity contribution is -0.127. The zero-order valence-corrected chi connectivity index (χ0v) is 19.8. The van der Waals surface area contributed by atoms with Crippen molar-refractivity contribution >= 4 is 35.3 Å². The minimum Gasteiger partial charge on any atom is -0.490 e. The number of ether oxygens (including phenoxy) is 3. The summed E-state index contributed by atoms with van der Waals surface area (Å²) < 4.78 is 17.2. The zero-order chi connectivity index (χ0) is 23.6. The van der Waals surface area contributed by atoms with E-state index >= 15 is 0 Å². The van der Waals surface area contributed by atoms with Crippen molar-refractivity contribution in [2.24, 2.45) is 5.10 Å². The monoisotopic (exact) mass is 486 g/mol. The molecule has 3 aromatic rings. The molecule has 1 N–H and O–H groups in total. The number of amides is 1. The molecule has 3 aromatic carbocycles. The molecule has 1 atom stereocenters. The molecule has 33 heavy (non-hydrogen) atoms. The van der Waals surface area contributed by atoms with Crippen LogP contribution in [0.5, 0.6) is 17.2 Å². The number of hydrogen-bond donors (Lipinski definition) is 1. The number of nitrogens with zero attached hydrogens (tertiary/aromatic N) is 1. The van der Waals surface area contributed by atoms with Gasteiger partial charge in [0, 0.05) is 10.0 Å². The lowest BCUT2D eigenvalue weighted by Gasteiger charge is -2.13. The molecule has 0 spiro atoms. The van der Waals surface area contributed by atoms with E-state index in [0.29, 0.717) is 40.5 Å². The highest BCUT2D eigenvalue weighted by Crippen LogP contribution is 2.29. The van der Waals surface area contributed by atoms with Gasteiger partial charge in [-0.05, 0) is 79.6 Å². The molecule has 6 nitrogen and oxygen atoms in total. The Balaban J connectivity index is 1.57. The normalized spacial score (nSPS) is 11.8. The molecule has 0 aliphatic carbocycles. The Kier molecular flexibility index (Phi) is 8.98. The minimum absolute atomic E-state index is 0.380. The second-order valence-electron chi connectivity index (χ2n) is 7.00. The number of rotatable bonds is 10. The van der Waals surface area contributed by atoms with Crippen molar-refractivity contribution in [1.29, 1.82) is 0 Å². The van der Waals surface area contributed by atoms with E-state index in [0.717, 1.165) is 11.1 Å². The largest absolute Gasteiger partial charge is 0.490 e. The molecular formula is C25H24Cl2N2O4. The van der Waals surface area contributed by atoms with Crippen molar-refractivity contribution in [3.05, 3.63) is 87.9 Å². The van der Waals surface area contributed by atoms with Crippen molar-refractivity contribution in [3.63, 3.8) is 0 Å². The Hall–Kier alpha value is -3.22. The molecule has 172 valence electrons. The summed E-state index contributed by atoms with van der Waals surface area (Å²) in [5, 5.41) is 5.29. The smallest absolute Gasteiger partial charge is 0.280 e. The molecule has 0 unspecified atom stereocenters. The van der Waals surface area contributed by atoms with Crippen molar-refractivity contribution in [2.75, 3.05) is 6.61 Å². The number of carbonyl (C=O) groups excluding carboxylic acids is 1. The van der Waals surface area contributed by atoms with Gasteiger partial charge in [0.2, 0.25) is 0 Å². The van der Waals surface area contributed by atoms with Gasteiger partial charge in [0.15, 0.2) is 17.6 Å². The first-order valence-corrected chi connectivity index (χ1v) is 11.1. The average molecular weight is 487 g/mol. The maximum atomic E-state index is 12.2. The van der Waals surface area contributed by atoms with Crippen LogP contribution in [0.1, 0.15) is 25.0 Å². The fourth-order valence-electron chi connectivity index (χ4n) is 2.77. The first kappa shape index (κ1) is 24.4. The van der Waals surface area contributed by atoms with Gasteiger partial charge < -0.3 is 14.2 Å². The van der Waals surface area contributed by atoms with Crippen LogP contribution in [-0.2, 0) is 11.4 Å². The van der Waals surface area contributed by atoms with Gasteiger partial charge in [-0.3, -0.25) is 4.79 Å². The van der Waals surface area contributed by atoms with Gasteiger partial charge in [0.25, 0.3) is 5.91 Å². The first-order chi connectivity index (χ1) is 15.9. The summed E-state index contributed by atoms with van der Waals surface area (Å²) in [6.45, 7) is 4.39. The molecule has 0 saturated heterocycles. The molecule has 0 heterocycles. The van der Waals surface area contributed by atoms with Gasteiger partial charge in [-0.15, -0.1) is 0 Å². The summed E-state index contributed by atoms with van der Waals surface area (Å²) in [7, 11) is 0. The Morgan fingerprint density at radius 2 is 1.64 bits per heavy atom. The highest BCUT2D eigenvalue weighted by atomic mass is 35.5. The van der Waals surface area contributed by atoms with Crippen molar-refractivity contribution in [1.82, 2.24) is 5.43 Å². The lowest BCUT2D eigenvalue weighted by Crippen LogP contribution is -2.33. The summed E-state index contributed by atoms with van der Waals surface area (Å²) in [6.07, 6.45) is 0.796. The SMILES string of the molecule is CCOc1cc(/C=N\NC(=O)[C@H](C)Oc2ccc(Cl)cc2)ccc1OCc1ccc(Cl)cc1. The Labute approximate surface area is 203 Å². The van der Waals surface area contributed by atoms with Crippen LogP contribution in [0.15, 0.2) is 71.8 Å². The predicted molar refractivity (Wildman–Crippen MR) is 131 cm³/mol. The second-order valence-corrected chi connectivity index (χ2v) is 7.88. The molecule has 1 amide bonds. The van der Waals surface area contributed by atoms with Gasteiger partial charge in [0.1, 0.15) is 12.4 Å². The van der Waals surface area contributed by atoms with Crippen LogP contribution in [0, 0.1) is 0 Å². The van der Waals surface area contributed by atoms with E-state index < -0.39 is 6.10 Å². The topological polar surface area (TPSA) is 69.2 Å². The molecule has 0 saturated carbocycles. The summed E-state index contributed by atoms with van der Waals surface area (Å²) in [5.41, 5.74) is 4.21. The molecule has 0 aliphatic rings. The van der Waals surface area contributed by atoms with Gasteiger partial charge >= 0.3 is 0 Å². The lowest BCUT2D eigenvalue weighted by atomic mass is 10.2. The van der Waals surface area contributed by atoms with Gasteiger partial charge in [-0.2, -0.15) is 5.10 Å². The molecule has 0 radical (unpaired) electrons. The summed E-state index contributed by atoms with van der Waals surface area (Å²) in [5.74, 6) is 1.36. The van der Waals surface area contributed by atoms with E-state index in [1.54, 1.807) is 43.3 Å². The van der Waals surface area contributed by atoms with Crippen LogP contribution in [-0.4, -0.2) is 24.8 Å². The van der Waals surface area contributed by atoms with E-state index in [4.69, 9.17) is 37.4 Å². The maximum Gasteiger partial charge on any atom is 0.280 e. The number of benzene rings is 3. The second kappa shape index (κ2) is 12.1. The quantitative estimate of drug-likeness (QED) is 0.286. The molecule has 0 aliphatic heterocycles. The fraction of sp³-hybridized carbons (Fsp3) is 0.200.